The van der Waals surface area contributed by atoms with E-state index in [0.717, 1.165) is 30.7 Å². The van der Waals surface area contributed by atoms with Crippen molar-refractivity contribution >= 4 is 0 Å². The Bertz CT molecular complexity index is 267. The molecule has 22 heavy (non-hydrogen) atoms. The Balaban J connectivity index is 3.54. The van der Waals surface area contributed by atoms with Crippen LogP contribution in [-0.2, 0) is 0 Å². The van der Waals surface area contributed by atoms with Crippen molar-refractivity contribution in [2.75, 3.05) is 6.54 Å². The molecule has 0 unspecified atom stereocenters. The first-order chi connectivity index (χ1) is 10.5. The zero-order valence-electron chi connectivity index (χ0n) is 16.2. The zero-order valence-corrected chi connectivity index (χ0v) is 16.2. The van der Waals surface area contributed by atoms with Crippen LogP contribution in [0.1, 0.15) is 98.8 Å². The van der Waals surface area contributed by atoms with Crippen molar-refractivity contribution in [3.05, 3.63) is 11.6 Å². The molecular weight excluding hydrogens is 266 g/mol. The lowest BCUT2D eigenvalue weighted by Gasteiger charge is -2.15. The Morgan fingerprint density at radius 1 is 0.818 bits per heavy atom. The Kier molecular flexibility index (Phi) is 14.1. The van der Waals surface area contributed by atoms with E-state index < -0.39 is 0 Å². The normalized spacial score (nSPS) is 15.3. The minimum absolute atomic E-state index is 0.781. The van der Waals surface area contributed by atoms with Gasteiger partial charge in [0, 0.05) is 0 Å². The Morgan fingerprint density at radius 2 is 1.32 bits per heavy atom. The maximum absolute atomic E-state index is 5.53. The smallest absolute Gasteiger partial charge is 0.00425 e. The summed E-state index contributed by atoms with van der Waals surface area (Å²) in [6.45, 7) is 12.6. The van der Waals surface area contributed by atoms with Crippen LogP contribution < -0.4 is 5.73 Å². The van der Waals surface area contributed by atoms with Crippen LogP contribution in [0.3, 0.4) is 0 Å². The van der Waals surface area contributed by atoms with E-state index in [4.69, 9.17) is 5.73 Å². The SMILES string of the molecule is CC(=CCCN)CCC[C@H](C)CCC[C@H](C)CCCC(C)C. The van der Waals surface area contributed by atoms with Gasteiger partial charge in [-0.25, -0.2) is 0 Å². The Labute approximate surface area is 141 Å². The molecule has 1 nitrogen and oxygen atoms in total. The molecule has 0 heterocycles. The average Bonchev–Trinajstić information content (AvgIpc) is 2.44. The van der Waals surface area contributed by atoms with Crippen molar-refractivity contribution in [3.8, 4) is 0 Å². The van der Waals surface area contributed by atoms with E-state index in [1.54, 1.807) is 0 Å². The molecule has 0 amide bonds. The molecule has 0 aromatic rings. The highest BCUT2D eigenvalue weighted by Gasteiger charge is 2.06. The largest absolute Gasteiger partial charge is 0.330 e. The van der Waals surface area contributed by atoms with Gasteiger partial charge in [-0.3, -0.25) is 0 Å². The molecule has 2 atom stereocenters. The summed E-state index contributed by atoms with van der Waals surface area (Å²) in [6.07, 6.45) is 15.9. The Hall–Kier alpha value is -0.300. The van der Waals surface area contributed by atoms with E-state index in [0.29, 0.717) is 0 Å². The summed E-state index contributed by atoms with van der Waals surface area (Å²) in [4.78, 5) is 0. The van der Waals surface area contributed by atoms with Crippen LogP contribution >= 0.6 is 0 Å². The first kappa shape index (κ1) is 21.7. The standard InChI is InChI=1S/C21H43N/c1-18(2)10-6-11-19(3)12-7-13-20(4)14-8-15-21(5)16-9-17-22/h16,18-20H,6-15,17,22H2,1-5H3/t19-,20-/m1/s1. The molecule has 0 aliphatic carbocycles. The topological polar surface area (TPSA) is 26.0 Å². The summed E-state index contributed by atoms with van der Waals surface area (Å²) in [6, 6.07) is 0. The van der Waals surface area contributed by atoms with Crippen molar-refractivity contribution in [1.29, 1.82) is 0 Å². The maximum atomic E-state index is 5.53. The van der Waals surface area contributed by atoms with Gasteiger partial charge in [0.05, 0.1) is 0 Å². The van der Waals surface area contributed by atoms with Crippen LogP contribution in [0.5, 0.6) is 0 Å². The monoisotopic (exact) mass is 309 g/mol. The summed E-state index contributed by atoms with van der Waals surface area (Å²) in [5.74, 6) is 2.69. The highest BCUT2D eigenvalue weighted by atomic mass is 14.5. The van der Waals surface area contributed by atoms with Crippen molar-refractivity contribution in [2.24, 2.45) is 23.5 Å². The van der Waals surface area contributed by atoms with Gasteiger partial charge >= 0.3 is 0 Å². The Morgan fingerprint density at radius 3 is 1.82 bits per heavy atom. The third kappa shape index (κ3) is 14.6. The average molecular weight is 310 g/mol. The molecule has 2 N–H and O–H groups in total. The van der Waals surface area contributed by atoms with Gasteiger partial charge in [0.15, 0.2) is 0 Å². The molecule has 0 rings (SSSR count). The predicted molar refractivity (Wildman–Crippen MR) is 102 cm³/mol. The van der Waals surface area contributed by atoms with Crippen LogP contribution in [0.15, 0.2) is 11.6 Å². The lowest BCUT2D eigenvalue weighted by molar-refractivity contribution is 0.389. The molecular formula is C21H43N. The summed E-state index contributed by atoms with van der Waals surface area (Å²) in [7, 11) is 0. The van der Waals surface area contributed by atoms with Gasteiger partial charge in [0.25, 0.3) is 0 Å². The van der Waals surface area contributed by atoms with Gasteiger partial charge in [-0.2, -0.15) is 0 Å². The van der Waals surface area contributed by atoms with E-state index in [-0.39, 0.29) is 0 Å². The van der Waals surface area contributed by atoms with Crippen molar-refractivity contribution in [2.45, 2.75) is 98.8 Å². The summed E-state index contributed by atoms with van der Waals surface area (Å²) in [5.41, 5.74) is 7.06. The van der Waals surface area contributed by atoms with Gasteiger partial charge in [-0.1, -0.05) is 84.3 Å². The van der Waals surface area contributed by atoms with Gasteiger partial charge in [0.2, 0.25) is 0 Å². The number of hydrogen-bond acceptors (Lipinski definition) is 1. The minimum Gasteiger partial charge on any atom is -0.330 e. The molecule has 0 saturated carbocycles. The van der Waals surface area contributed by atoms with Gasteiger partial charge in [-0.15, -0.1) is 0 Å². The molecule has 0 fully saturated rings. The van der Waals surface area contributed by atoms with Crippen LogP contribution in [0.4, 0.5) is 0 Å². The molecule has 0 aromatic carbocycles. The predicted octanol–water partition coefficient (Wildman–Crippen LogP) is 6.72. The third-order valence-electron chi connectivity index (χ3n) is 4.80. The van der Waals surface area contributed by atoms with E-state index >= 15 is 0 Å². The van der Waals surface area contributed by atoms with Crippen molar-refractivity contribution < 1.29 is 0 Å². The second-order valence-electron chi connectivity index (χ2n) is 7.99. The lowest BCUT2D eigenvalue weighted by atomic mass is 9.91. The van der Waals surface area contributed by atoms with Crippen LogP contribution in [0.2, 0.25) is 0 Å². The van der Waals surface area contributed by atoms with Gasteiger partial charge < -0.3 is 5.73 Å². The first-order valence-electron chi connectivity index (χ1n) is 9.81. The zero-order chi connectivity index (χ0) is 16.8. The molecule has 0 spiro atoms. The van der Waals surface area contributed by atoms with E-state index in [1.165, 1.54) is 63.4 Å². The van der Waals surface area contributed by atoms with Crippen molar-refractivity contribution in [3.63, 3.8) is 0 Å². The maximum Gasteiger partial charge on any atom is -0.00425 e. The fraction of sp³-hybridized carbons (Fsp3) is 0.905. The minimum atomic E-state index is 0.781. The third-order valence-corrected chi connectivity index (χ3v) is 4.80. The van der Waals surface area contributed by atoms with E-state index in [1.807, 2.05) is 0 Å². The summed E-state index contributed by atoms with van der Waals surface area (Å²) >= 11 is 0. The number of allylic oxidation sites excluding steroid dienone is 1. The lowest BCUT2D eigenvalue weighted by Crippen LogP contribution is -2.00. The van der Waals surface area contributed by atoms with Gasteiger partial charge in [-0.05, 0) is 50.5 Å². The second kappa shape index (κ2) is 14.3. The molecule has 0 aromatic heterocycles. The van der Waals surface area contributed by atoms with Crippen LogP contribution in [-0.4, -0.2) is 6.54 Å². The number of rotatable bonds is 14. The van der Waals surface area contributed by atoms with E-state index in [9.17, 15) is 0 Å². The fourth-order valence-corrected chi connectivity index (χ4v) is 3.14. The highest BCUT2D eigenvalue weighted by molar-refractivity contribution is 4.97. The molecule has 0 bridgehead atoms. The fourth-order valence-electron chi connectivity index (χ4n) is 3.14. The number of hydrogen-bond donors (Lipinski definition) is 1. The quantitative estimate of drug-likeness (QED) is 0.354. The summed E-state index contributed by atoms with van der Waals surface area (Å²) < 4.78 is 0. The summed E-state index contributed by atoms with van der Waals surface area (Å²) in [5, 5.41) is 0. The van der Waals surface area contributed by atoms with Gasteiger partial charge in [0.1, 0.15) is 0 Å². The van der Waals surface area contributed by atoms with E-state index in [2.05, 4.69) is 40.7 Å². The first-order valence-corrected chi connectivity index (χ1v) is 9.81. The van der Waals surface area contributed by atoms with Crippen LogP contribution in [0.25, 0.3) is 0 Å². The molecule has 0 aliphatic heterocycles. The molecule has 0 saturated heterocycles. The highest BCUT2D eigenvalue weighted by Crippen LogP contribution is 2.22. The second-order valence-corrected chi connectivity index (χ2v) is 7.99. The van der Waals surface area contributed by atoms with Crippen molar-refractivity contribution in [1.82, 2.24) is 0 Å². The molecule has 132 valence electrons. The molecule has 0 aliphatic rings. The van der Waals surface area contributed by atoms with Crippen LogP contribution in [0, 0.1) is 17.8 Å². The number of nitrogens with two attached hydrogens (primary N) is 1. The molecule has 0 radical (unpaired) electrons. The molecule has 1 heteroatoms.